The quantitative estimate of drug-likeness (QED) is 0.407. The standard InChI is InChI=1S/C21H22N4OS2/c1-3-12-22-20-23-24-21(28-20)27-15-19(26)25(14-17-9-5-4-6-10-17)18-11-7-8-16(2)13-18/h3-11,13H,1,12,14-15H2,2H3,(H,22,23). The summed E-state index contributed by atoms with van der Waals surface area (Å²) in [6.45, 7) is 6.87. The summed E-state index contributed by atoms with van der Waals surface area (Å²) in [5.41, 5.74) is 3.12. The van der Waals surface area contributed by atoms with Crippen molar-refractivity contribution in [3.05, 3.63) is 78.4 Å². The van der Waals surface area contributed by atoms with Crippen molar-refractivity contribution in [1.29, 1.82) is 0 Å². The van der Waals surface area contributed by atoms with Crippen LogP contribution in [0, 0.1) is 6.92 Å². The Hall–Kier alpha value is -2.64. The largest absolute Gasteiger partial charge is 0.357 e. The van der Waals surface area contributed by atoms with Gasteiger partial charge in [-0.3, -0.25) is 4.79 Å². The van der Waals surface area contributed by atoms with Gasteiger partial charge in [0.1, 0.15) is 0 Å². The first kappa shape index (κ1) is 20.1. The van der Waals surface area contributed by atoms with Gasteiger partial charge < -0.3 is 10.2 Å². The van der Waals surface area contributed by atoms with Gasteiger partial charge in [0.15, 0.2) is 4.34 Å². The van der Waals surface area contributed by atoms with Gasteiger partial charge in [0.25, 0.3) is 0 Å². The fourth-order valence-corrected chi connectivity index (χ4v) is 4.22. The van der Waals surface area contributed by atoms with E-state index in [1.807, 2.05) is 66.4 Å². The Morgan fingerprint density at radius 1 is 1.21 bits per heavy atom. The number of carbonyl (C=O) groups is 1. The third-order valence-electron chi connectivity index (χ3n) is 3.92. The lowest BCUT2D eigenvalue weighted by Crippen LogP contribution is -2.32. The predicted octanol–water partition coefficient (Wildman–Crippen LogP) is 4.77. The molecule has 0 saturated heterocycles. The molecule has 0 aliphatic carbocycles. The third-order valence-corrected chi connectivity index (χ3v) is 5.92. The number of aryl methyl sites for hydroxylation is 1. The van der Waals surface area contributed by atoms with Crippen molar-refractivity contribution in [3.63, 3.8) is 0 Å². The van der Waals surface area contributed by atoms with E-state index < -0.39 is 0 Å². The lowest BCUT2D eigenvalue weighted by molar-refractivity contribution is -0.116. The van der Waals surface area contributed by atoms with Crippen LogP contribution in [0.3, 0.4) is 0 Å². The summed E-state index contributed by atoms with van der Waals surface area (Å²) in [6, 6.07) is 18.0. The van der Waals surface area contributed by atoms with Crippen LogP contribution in [0.2, 0.25) is 0 Å². The van der Waals surface area contributed by atoms with Gasteiger partial charge in [-0.05, 0) is 30.2 Å². The molecular weight excluding hydrogens is 388 g/mol. The predicted molar refractivity (Wildman–Crippen MR) is 118 cm³/mol. The number of hydrogen-bond donors (Lipinski definition) is 1. The molecule has 0 bridgehead atoms. The van der Waals surface area contributed by atoms with Crippen molar-refractivity contribution < 1.29 is 4.79 Å². The van der Waals surface area contributed by atoms with Gasteiger partial charge in [-0.1, -0.05) is 71.6 Å². The van der Waals surface area contributed by atoms with Crippen LogP contribution >= 0.6 is 23.1 Å². The van der Waals surface area contributed by atoms with Crippen LogP contribution in [0.1, 0.15) is 11.1 Å². The lowest BCUT2D eigenvalue weighted by atomic mass is 10.1. The molecule has 3 rings (SSSR count). The summed E-state index contributed by atoms with van der Waals surface area (Å²) in [5, 5.41) is 12.1. The molecule has 0 saturated carbocycles. The zero-order chi connectivity index (χ0) is 19.8. The minimum Gasteiger partial charge on any atom is -0.357 e. The van der Waals surface area contributed by atoms with E-state index in [0.29, 0.717) is 18.8 Å². The molecule has 1 aromatic heterocycles. The Bertz CT molecular complexity index is 927. The van der Waals surface area contributed by atoms with Crippen molar-refractivity contribution in [2.45, 2.75) is 17.8 Å². The molecule has 28 heavy (non-hydrogen) atoms. The molecule has 3 aromatic rings. The number of nitrogens with zero attached hydrogens (tertiary/aromatic N) is 3. The molecule has 1 N–H and O–H groups in total. The molecule has 1 amide bonds. The SMILES string of the molecule is C=CCNc1nnc(SCC(=O)N(Cc2ccccc2)c2cccc(C)c2)s1. The summed E-state index contributed by atoms with van der Waals surface area (Å²) >= 11 is 2.85. The average molecular weight is 411 g/mol. The maximum atomic E-state index is 13.0. The number of rotatable bonds is 9. The summed E-state index contributed by atoms with van der Waals surface area (Å²) in [7, 11) is 0. The highest BCUT2D eigenvalue weighted by atomic mass is 32.2. The van der Waals surface area contributed by atoms with Gasteiger partial charge in [-0.25, -0.2) is 0 Å². The van der Waals surface area contributed by atoms with Crippen LogP contribution < -0.4 is 10.2 Å². The van der Waals surface area contributed by atoms with Gasteiger partial charge in [-0.15, -0.1) is 16.8 Å². The maximum absolute atomic E-state index is 13.0. The molecule has 144 valence electrons. The van der Waals surface area contributed by atoms with Gasteiger partial charge in [0, 0.05) is 12.2 Å². The molecule has 2 aromatic carbocycles. The summed E-state index contributed by atoms with van der Waals surface area (Å²) in [6.07, 6.45) is 1.76. The number of benzene rings is 2. The Morgan fingerprint density at radius 3 is 2.79 bits per heavy atom. The number of nitrogens with one attached hydrogen (secondary N) is 1. The molecule has 7 heteroatoms. The Balaban J connectivity index is 1.71. The number of carbonyl (C=O) groups excluding carboxylic acids is 1. The van der Waals surface area contributed by atoms with Crippen molar-refractivity contribution in [1.82, 2.24) is 10.2 Å². The second-order valence-corrected chi connectivity index (χ2v) is 8.34. The van der Waals surface area contributed by atoms with E-state index >= 15 is 0 Å². The van der Waals surface area contributed by atoms with E-state index in [1.165, 1.54) is 23.1 Å². The second-order valence-electron chi connectivity index (χ2n) is 6.14. The van der Waals surface area contributed by atoms with Crippen LogP contribution in [0.25, 0.3) is 0 Å². The van der Waals surface area contributed by atoms with Crippen molar-refractivity contribution in [3.8, 4) is 0 Å². The number of amides is 1. The molecule has 0 atom stereocenters. The highest BCUT2D eigenvalue weighted by Crippen LogP contribution is 2.27. The van der Waals surface area contributed by atoms with Crippen molar-refractivity contribution in [2.75, 3.05) is 22.5 Å². The van der Waals surface area contributed by atoms with Crippen LogP contribution in [0.4, 0.5) is 10.8 Å². The Labute approximate surface area is 173 Å². The van der Waals surface area contributed by atoms with E-state index in [0.717, 1.165) is 26.3 Å². The summed E-state index contributed by atoms with van der Waals surface area (Å²) < 4.78 is 0.767. The molecule has 0 spiro atoms. The van der Waals surface area contributed by atoms with Crippen molar-refractivity contribution >= 4 is 39.8 Å². The maximum Gasteiger partial charge on any atom is 0.237 e. The number of hydrogen-bond acceptors (Lipinski definition) is 6. The van der Waals surface area contributed by atoms with Crippen LogP contribution in [-0.2, 0) is 11.3 Å². The summed E-state index contributed by atoms with van der Waals surface area (Å²) in [4.78, 5) is 14.9. The minimum atomic E-state index is 0.0373. The first-order valence-electron chi connectivity index (χ1n) is 8.88. The van der Waals surface area contributed by atoms with Crippen LogP contribution in [0.15, 0.2) is 71.6 Å². The molecule has 5 nitrogen and oxygen atoms in total. The number of thioether (sulfide) groups is 1. The average Bonchev–Trinajstić information content (AvgIpc) is 3.17. The zero-order valence-electron chi connectivity index (χ0n) is 15.7. The summed E-state index contributed by atoms with van der Waals surface area (Å²) in [5.74, 6) is 0.340. The molecule has 0 aliphatic rings. The zero-order valence-corrected chi connectivity index (χ0v) is 17.3. The van der Waals surface area contributed by atoms with Crippen molar-refractivity contribution in [2.24, 2.45) is 0 Å². The third kappa shape index (κ3) is 5.68. The number of aromatic nitrogens is 2. The fourth-order valence-electron chi connectivity index (χ4n) is 2.59. The number of anilines is 2. The van der Waals surface area contributed by atoms with Crippen LogP contribution in [-0.4, -0.2) is 28.4 Å². The minimum absolute atomic E-state index is 0.0373. The molecule has 1 heterocycles. The molecular formula is C21H22N4OS2. The first-order chi connectivity index (χ1) is 13.7. The normalized spacial score (nSPS) is 10.5. The first-order valence-corrected chi connectivity index (χ1v) is 10.7. The van der Waals surface area contributed by atoms with Gasteiger partial charge >= 0.3 is 0 Å². The second kappa shape index (κ2) is 10.1. The Morgan fingerprint density at radius 2 is 2.04 bits per heavy atom. The smallest absolute Gasteiger partial charge is 0.237 e. The molecule has 0 unspecified atom stereocenters. The van der Waals surface area contributed by atoms with Gasteiger partial charge in [0.2, 0.25) is 11.0 Å². The molecule has 0 radical (unpaired) electrons. The monoisotopic (exact) mass is 410 g/mol. The van der Waals surface area contributed by atoms with Crippen LogP contribution in [0.5, 0.6) is 0 Å². The highest BCUT2D eigenvalue weighted by Gasteiger charge is 2.18. The van der Waals surface area contributed by atoms with Gasteiger partial charge in [-0.2, -0.15) is 0 Å². The van der Waals surface area contributed by atoms with E-state index in [9.17, 15) is 4.79 Å². The highest BCUT2D eigenvalue weighted by molar-refractivity contribution is 8.01. The Kier molecular flexibility index (Phi) is 7.22. The van der Waals surface area contributed by atoms with E-state index in [4.69, 9.17) is 0 Å². The fraction of sp³-hybridized carbons (Fsp3) is 0.190. The molecule has 0 fully saturated rings. The van der Waals surface area contributed by atoms with E-state index in [1.54, 1.807) is 6.08 Å². The lowest BCUT2D eigenvalue weighted by Gasteiger charge is -2.23. The topological polar surface area (TPSA) is 58.1 Å². The van der Waals surface area contributed by atoms with E-state index in [-0.39, 0.29) is 5.91 Å². The molecule has 0 aliphatic heterocycles. The van der Waals surface area contributed by atoms with E-state index in [2.05, 4.69) is 22.1 Å². The van der Waals surface area contributed by atoms with Gasteiger partial charge in [0.05, 0.1) is 12.3 Å².